The maximum absolute atomic E-state index is 12.8. The van der Waals surface area contributed by atoms with Crippen LogP contribution in [-0.2, 0) is 29.9 Å². The molecule has 130 valence electrons. The summed E-state index contributed by atoms with van der Waals surface area (Å²) in [5.41, 5.74) is 4.60. The number of sulfonamides is 1. The third-order valence-electron chi connectivity index (χ3n) is 5.23. The van der Waals surface area contributed by atoms with Gasteiger partial charge in [0.15, 0.2) is 0 Å². The van der Waals surface area contributed by atoms with Crippen molar-refractivity contribution < 1.29 is 8.42 Å². The van der Waals surface area contributed by atoms with Gasteiger partial charge in [0.1, 0.15) is 0 Å². The zero-order valence-electron chi connectivity index (χ0n) is 14.5. The molecule has 1 aromatic heterocycles. The lowest BCUT2D eigenvalue weighted by atomic mass is 9.92. The summed E-state index contributed by atoms with van der Waals surface area (Å²) in [5, 5.41) is 1.24. The molecule has 0 saturated heterocycles. The van der Waals surface area contributed by atoms with Crippen molar-refractivity contribution in [1.29, 1.82) is 0 Å². The molecule has 2 aromatic carbocycles. The quantitative estimate of drug-likeness (QED) is 0.784. The molecule has 25 heavy (non-hydrogen) atoms. The summed E-state index contributed by atoms with van der Waals surface area (Å²) in [7, 11) is -1.40. The molecule has 1 N–H and O–H groups in total. The summed E-state index contributed by atoms with van der Waals surface area (Å²) in [6, 6.07) is 15.4. The van der Waals surface area contributed by atoms with Gasteiger partial charge in [-0.15, -0.1) is 0 Å². The van der Waals surface area contributed by atoms with E-state index in [0.717, 1.165) is 24.8 Å². The molecular formula is C20H22N2O2S. The SMILES string of the molecule is Cc1ccccc1S(=O)(=O)NC1CCc2c(c3ccccc3n2C)C1. The van der Waals surface area contributed by atoms with E-state index < -0.39 is 10.0 Å². The standard InChI is InChI=1S/C20H22N2O2S/c1-14-7-3-6-10-20(14)25(23,24)21-15-11-12-19-17(13-15)16-8-4-5-9-18(16)22(19)2/h3-10,15,21H,11-13H2,1-2H3. The predicted octanol–water partition coefficient (Wildman–Crippen LogP) is 3.32. The van der Waals surface area contributed by atoms with Gasteiger partial charge in [-0.05, 0) is 49.4 Å². The first-order valence-electron chi connectivity index (χ1n) is 8.60. The highest BCUT2D eigenvalue weighted by atomic mass is 32.2. The fourth-order valence-electron chi connectivity index (χ4n) is 3.97. The topological polar surface area (TPSA) is 51.1 Å². The third-order valence-corrected chi connectivity index (χ3v) is 6.91. The zero-order chi connectivity index (χ0) is 17.6. The van der Waals surface area contributed by atoms with Crippen molar-refractivity contribution >= 4 is 20.9 Å². The molecule has 1 atom stereocenters. The molecule has 0 aliphatic heterocycles. The molecule has 1 aliphatic carbocycles. The number of nitrogens with one attached hydrogen (secondary N) is 1. The van der Waals surface area contributed by atoms with Crippen molar-refractivity contribution in [2.24, 2.45) is 7.05 Å². The van der Waals surface area contributed by atoms with Gasteiger partial charge in [-0.1, -0.05) is 36.4 Å². The Balaban J connectivity index is 1.65. The van der Waals surface area contributed by atoms with Gasteiger partial charge in [-0.2, -0.15) is 0 Å². The Bertz CT molecular complexity index is 1050. The van der Waals surface area contributed by atoms with Gasteiger partial charge in [0.05, 0.1) is 4.90 Å². The number of rotatable bonds is 3. The highest BCUT2D eigenvalue weighted by molar-refractivity contribution is 7.89. The molecule has 4 nitrogen and oxygen atoms in total. The first kappa shape index (κ1) is 16.4. The number of hydrogen-bond acceptors (Lipinski definition) is 2. The summed E-state index contributed by atoms with van der Waals surface area (Å²) in [5.74, 6) is 0. The smallest absolute Gasteiger partial charge is 0.241 e. The van der Waals surface area contributed by atoms with Crippen LogP contribution in [-0.4, -0.2) is 19.0 Å². The lowest BCUT2D eigenvalue weighted by molar-refractivity contribution is 0.501. The van der Waals surface area contributed by atoms with Crippen LogP contribution in [0.4, 0.5) is 0 Å². The number of fused-ring (bicyclic) bond motifs is 3. The molecule has 0 saturated carbocycles. The van der Waals surface area contributed by atoms with E-state index in [1.807, 2.05) is 31.2 Å². The van der Waals surface area contributed by atoms with Gasteiger partial charge in [0.2, 0.25) is 10.0 Å². The molecule has 0 radical (unpaired) electrons. The minimum absolute atomic E-state index is 0.0667. The van der Waals surface area contributed by atoms with E-state index in [4.69, 9.17) is 0 Å². The molecule has 0 spiro atoms. The van der Waals surface area contributed by atoms with Crippen LogP contribution in [0.2, 0.25) is 0 Å². The molecular weight excluding hydrogens is 332 g/mol. The number of hydrogen-bond donors (Lipinski definition) is 1. The fourth-order valence-corrected chi connectivity index (χ4v) is 5.49. The van der Waals surface area contributed by atoms with Crippen LogP contribution >= 0.6 is 0 Å². The molecule has 1 unspecified atom stereocenters. The Labute approximate surface area is 148 Å². The largest absolute Gasteiger partial charge is 0.347 e. The van der Waals surface area contributed by atoms with E-state index >= 15 is 0 Å². The number of para-hydroxylation sites is 1. The number of aryl methyl sites for hydroxylation is 2. The monoisotopic (exact) mass is 354 g/mol. The van der Waals surface area contributed by atoms with Crippen molar-refractivity contribution in [2.75, 3.05) is 0 Å². The lowest BCUT2D eigenvalue weighted by Crippen LogP contribution is -2.39. The van der Waals surface area contributed by atoms with Crippen LogP contribution in [0.5, 0.6) is 0 Å². The Morgan fingerprint density at radius 3 is 2.60 bits per heavy atom. The van der Waals surface area contributed by atoms with Crippen molar-refractivity contribution in [2.45, 2.75) is 37.1 Å². The second-order valence-electron chi connectivity index (χ2n) is 6.83. The molecule has 4 rings (SSSR count). The summed E-state index contributed by atoms with van der Waals surface area (Å²) in [6.07, 6.45) is 2.45. The molecule has 0 fully saturated rings. The second kappa shape index (κ2) is 6.00. The van der Waals surface area contributed by atoms with Gasteiger partial charge < -0.3 is 4.57 Å². The van der Waals surface area contributed by atoms with E-state index in [2.05, 4.69) is 28.5 Å². The van der Waals surface area contributed by atoms with E-state index in [1.165, 1.54) is 22.2 Å². The molecule has 5 heteroatoms. The average Bonchev–Trinajstić information content (AvgIpc) is 2.88. The fraction of sp³-hybridized carbons (Fsp3) is 0.300. The number of nitrogens with zero attached hydrogens (tertiary/aromatic N) is 1. The van der Waals surface area contributed by atoms with Crippen LogP contribution < -0.4 is 4.72 Å². The Morgan fingerprint density at radius 1 is 1.08 bits per heavy atom. The molecule has 3 aromatic rings. The average molecular weight is 354 g/mol. The number of benzene rings is 2. The number of aromatic nitrogens is 1. The maximum atomic E-state index is 12.8. The van der Waals surface area contributed by atoms with Crippen LogP contribution in [0.25, 0.3) is 10.9 Å². The Morgan fingerprint density at radius 2 is 1.80 bits per heavy atom. The van der Waals surface area contributed by atoms with Gasteiger partial charge >= 0.3 is 0 Å². The van der Waals surface area contributed by atoms with E-state index in [1.54, 1.807) is 12.1 Å². The van der Waals surface area contributed by atoms with E-state index in [-0.39, 0.29) is 6.04 Å². The highest BCUT2D eigenvalue weighted by Gasteiger charge is 2.28. The third kappa shape index (κ3) is 2.77. The van der Waals surface area contributed by atoms with Gasteiger partial charge in [0, 0.05) is 29.7 Å². The molecule has 1 aliphatic rings. The highest BCUT2D eigenvalue weighted by Crippen LogP contribution is 2.32. The maximum Gasteiger partial charge on any atom is 0.241 e. The minimum Gasteiger partial charge on any atom is -0.347 e. The van der Waals surface area contributed by atoms with Crippen molar-refractivity contribution in [3.63, 3.8) is 0 Å². The van der Waals surface area contributed by atoms with E-state index in [9.17, 15) is 8.42 Å². The second-order valence-corrected chi connectivity index (χ2v) is 8.51. The molecule has 0 bridgehead atoms. The zero-order valence-corrected chi connectivity index (χ0v) is 15.3. The minimum atomic E-state index is -3.50. The molecule has 0 amide bonds. The van der Waals surface area contributed by atoms with Crippen molar-refractivity contribution in [3.05, 3.63) is 65.4 Å². The first-order chi connectivity index (χ1) is 12.0. The van der Waals surface area contributed by atoms with Crippen LogP contribution in [0.15, 0.2) is 53.4 Å². The van der Waals surface area contributed by atoms with Gasteiger partial charge in [0.25, 0.3) is 0 Å². The van der Waals surface area contributed by atoms with Gasteiger partial charge in [-0.25, -0.2) is 13.1 Å². The summed E-state index contributed by atoms with van der Waals surface area (Å²) in [4.78, 5) is 0.374. The summed E-state index contributed by atoms with van der Waals surface area (Å²) < 4.78 is 30.7. The predicted molar refractivity (Wildman–Crippen MR) is 100 cm³/mol. The first-order valence-corrected chi connectivity index (χ1v) is 10.1. The lowest BCUT2D eigenvalue weighted by Gasteiger charge is -2.24. The van der Waals surface area contributed by atoms with Gasteiger partial charge in [-0.3, -0.25) is 0 Å². The normalized spacial score (nSPS) is 17.6. The summed E-state index contributed by atoms with van der Waals surface area (Å²) >= 11 is 0. The van der Waals surface area contributed by atoms with Crippen molar-refractivity contribution in [1.82, 2.24) is 9.29 Å². The van der Waals surface area contributed by atoms with Crippen LogP contribution in [0, 0.1) is 6.92 Å². The Kier molecular flexibility index (Phi) is 3.93. The van der Waals surface area contributed by atoms with Crippen molar-refractivity contribution in [3.8, 4) is 0 Å². The Hall–Kier alpha value is -2.11. The molecule has 1 heterocycles. The van der Waals surface area contributed by atoms with Crippen LogP contribution in [0.3, 0.4) is 0 Å². The van der Waals surface area contributed by atoms with Crippen LogP contribution in [0.1, 0.15) is 23.2 Å². The van der Waals surface area contributed by atoms with E-state index in [0.29, 0.717) is 4.90 Å². The summed E-state index contributed by atoms with van der Waals surface area (Å²) in [6.45, 7) is 1.83.